The van der Waals surface area contributed by atoms with Crippen LogP contribution in [0.5, 0.6) is 0 Å². The first-order valence-electron chi connectivity index (χ1n) is 6.54. The average Bonchev–Trinajstić information content (AvgIpc) is 2.60. The van der Waals surface area contributed by atoms with E-state index in [-0.39, 0.29) is 18.3 Å². The maximum absolute atomic E-state index is 12.5. The zero-order chi connectivity index (χ0) is 12.5. The highest BCUT2D eigenvalue weighted by atomic mass is 35.5. The Morgan fingerprint density at radius 2 is 2.11 bits per heavy atom. The molecule has 2 bridgehead atoms. The van der Waals surface area contributed by atoms with E-state index in [1.165, 1.54) is 12.8 Å². The summed E-state index contributed by atoms with van der Waals surface area (Å²) in [5.41, 5.74) is -0.404. The Morgan fingerprint density at radius 3 is 2.67 bits per heavy atom. The molecule has 0 saturated carbocycles. The van der Waals surface area contributed by atoms with Crippen molar-refractivity contribution in [2.45, 2.75) is 32.7 Å². The van der Waals surface area contributed by atoms with Crippen LogP contribution in [0.3, 0.4) is 0 Å². The third-order valence-electron chi connectivity index (χ3n) is 3.91. The van der Waals surface area contributed by atoms with E-state index >= 15 is 0 Å². The molecule has 0 spiro atoms. The SMILES string of the molecule is COCC(C)(C)C(=O)N1C[C@H]2CC[C@@H](C1)NC2.Cl. The van der Waals surface area contributed by atoms with Crippen molar-refractivity contribution in [2.75, 3.05) is 33.4 Å². The first-order chi connectivity index (χ1) is 8.03. The average molecular weight is 277 g/mol. The Balaban J connectivity index is 0.00000162. The van der Waals surface area contributed by atoms with Gasteiger partial charge in [0.15, 0.2) is 0 Å². The van der Waals surface area contributed by atoms with Crippen LogP contribution < -0.4 is 5.32 Å². The van der Waals surface area contributed by atoms with Gasteiger partial charge in [0.05, 0.1) is 12.0 Å². The van der Waals surface area contributed by atoms with Crippen LogP contribution in [0.25, 0.3) is 0 Å². The number of ether oxygens (including phenoxy) is 1. The molecule has 0 radical (unpaired) electrons. The highest BCUT2D eigenvalue weighted by Gasteiger charge is 2.37. The van der Waals surface area contributed by atoms with Crippen molar-refractivity contribution in [2.24, 2.45) is 11.3 Å². The van der Waals surface area contributed by atoms with Crippen LogP contribution >= 0.6 is 12.4 Å². The molecule has 18 heavy (non-hydrogen) atoms. The van der Waals surface area contributed by atoms with E-state index in [0.717, 1.165) is 19.6 Å². The number of carbonyl (C=O) groups excluding carboxylic acids is 1. The fraction of sp³-hybridized carbons (Fsp3) is 0.923. The lowest BCUT2D eigenvalue weighted by molar-refractivity contribution is -0.143. The molecular formula is C13H25ClN2O2. The number of hydrogen-bond donors (Lipinski definition) is 1. The number of fused-ring (bicyclic) bond motifs is 4. The van der Waals surface area contributed by atoms with Gasteiger partial charge in [0.25, 0.3) is 0 Å². The quantitative estimate of drug-likeness (QED) is 0.845. The van der Waals surface area contributed by atoms with E-state index in [1.54, 1.807) is 7.11 Å². The molecular weight excluding hydrogens is 252 g/mol. The minimum atomic E-state index is -0.404. The maximum Gasteiger partial charge on any atom is 0.230 e. The van der Waals surface area contributed by atoms with Crippen molar-refractivity contribution in [1.29, 1.82) is 0 Å². The van der Waals surface area contributed by atoms with Gasteiger partial charge >= 0.3 is 0 Å². The summed E-state index contributed by atoms with van der Waals surface area (Å²) in [6.07, 6.45) is 2.46. The minimum Gasteiger partial charge on any atom is -0.384 e. The second-order valence-corrected chi connectivity index (χ2v) is 6.08. The molecule has 3 fully saturated rings. The van der Waals surface area contributed by atoms with Crippen LogP contribution in [-0.4, -0.2) is 50.2 Å². The van der Waals surface area contributed by atoms with Gasteiger partial charge in [-0.05, 0) is 39.2 Å². The molecule has 3 aliphatic heterocycles. The lowest BCUT2D eigenvalue weighted by atomic mass is 9.92. The van der Waals surface area contributed by atoms with Crippen molar-refractivity contribution >= 4 is 18.3 Å². The Hall–Kier alpha value is -0.320. The summed E-state index contributed by atoms with van der Waals surface area (Å²) in [7, 11) is 1.66. The molecule has 0 aliphatic carbocycles. The van der Waals surface area contributed by atoms with E-state index in [2.05, 4.69) is 5.32 Å². The second-order valence-electron chi connectivity index (χ2n) is 6.08. The first kappa shape index (κ1) is 15.7. The van der Waals surface area contributed by atoms with Crippen molar-refractivity contribution < 1.29 is 9.53 Å². The molecule has 3 saturated heterocycles. The first-order valence-corrected chi connectivity index (χ1v) is 6.54. The van der Waals surface area contributed by atoms with E-state index in [1.807, 2.05) is 18.7 Å². The number of amides is 1. The predicted molar refractivity (Wildman–Crippen MR) is 74.0 cm³/mol. The van der Waals surface area contributed by atoms with Gasteiger partial charge in [-0.25, -0.2) is 0 Å². The molecule has 0 aromatic carbocycles. The van der Waals surface area contributed by atoms with Gasteiger partial charge in [-0.1, -0.05) is 0 Å². The fourth-order valence-electron chi connectivity index (χ4n) is 2.95. The minimum absolute atomic E-state index is 0. The van der Waals surface area contributed by atoms with Crippen LogP contribution in [0, 0.1) is 11.3 Å². The molecule has 0 aromatic rings. The third kappa shape index (κ3) is 3.37. The summed E-state index contributed by atoms with van der Waals surface area (Å²) in [6.45, 7) is 7.28. The van der Waals surface area contributed by atoms with Crippen LogP contribution in [0.4, 0.5) is 0 Å². The van der Waals surface area contributed by atoms with Crippen molar-refractivity contribution in [1.82, 2.24) is 10.2 Å². The van der Waals surface area contributed by atoms with Crippen molar-refractivity contribution in [3.05, 3.63) is 0 Å². The molecule has 3 heterocycles. The number of hydrogen-bond acceptors (Lipinski definition) is 3. The molecule has 3 aliphatic rings. The monoisotopic (exact) mass is 276 g/mol. The Labute approximate surface area is 116 Å². The number of carbonyl (C=O) groups is 1. The Kier molecular flexibility index (Phi) is 5.44. The molecule has 0 aromatic heterocycles. The van der Waals surface area contributed by atoms with Gasteiger partial charge in [0.1, 0.15) is 0 Å². The zero-order valence-corrected chi connectivity index (χ0v) is 12.4. The van der Waals surface area contributed by atoms with Gasteiger partial charge in [-0.2, -0.15) is 0 Å². The summed E-state index contributed by atoms with van der Waals surface area (Å²) >= 11 is 0. The largest absolute Gasteiger partial charge is 0.384 e. The Morgan fingerprint density at radius 1 is 1.39 bits per heavy atom. The Bertz CT molecular complexity index is 275. The zero-order valence-electron chi connectivity index (χ0n) is 11.6. The summed E-state index contributed by atoms with van der Waals surface area (Å²) in [5.74, 6) is 0.871. The van der Waals surface area contributed by atoms with Crippen LogP contribution in [0.1, 0.15) is 26.7 Å². The number of nitrogens with zero attached hydrogens (tertiary/aromatic N) is 1. The van der Waals surface area contributed by atoms with Gasteiger partial charge in [0.2, 0.25) is 5.91 Å². The normalized spacial score (nSPS) is 27.6. The van der Waals surface area contributed by atoms with Crippen molar-refractivity contribution in [3.8, 4) is 0 Å². The number of nitrogens with one attached hydrogen (secondary N) is 1. The molecule has 0 unspecified atom stereocenters. The van der Waals surface area contributed by atoms with Gasteiger partial charge in [-0.3, -0.25) is 4.79 Å². The van der Waals surface area contributed by atoms with Crippen LogP contribution in [-0.2, 0) is 9.53 Å². The summed E-state index contributed by atoms with van der Waals surface area (Å²) in [5, 5.41) is 3.52. The summed E-state index contributed by atoms with van der Waals surface area (Å²) in [6, 6.07) is 0.496. The summed E-state index contributed by atoms with van der Waals surface area (Å²) < 4.78 is 5.16. The highest BCUT2D eigenvalue weighted by Crippen LogP contribution is 2.26. The number of halogens is 1. The van der Waals surface area contributed by atoms with Crippen molar-refractivity contribution in [3.63, 3.8) is 0 Å². The lowest BCUT2D eigenvalue weighted by Crippen LogP contribution is -2.46. The van der Waals surface area contributed by atoms with E-state index in [0.29, 0.717) is 18.6 Å². The van der Waals surface area contributed by atoms with Crippen LogP contribution in [0.2, 0.25) is 0 Å². The topological polar surface area (TPSA) is 41.6 Å². The molecule has 5 heteroatoms. The van der Waals surface area contributed by atoms with E-state index in [9.17, 15) is 4.79 Å². The lowest BCUT2D eigenvalue weighted by Gasteiger charge is -2.31. The molecule has 2 atom stereocenters. The van der Waals surface area contributed by atoms with Gasteiger partial charge in [-0.15, -0.1) is 12.4 Å². The smallest absolute Gasteiger partial charge is 0.230 e. The molecule has 1 amide bonds. The summed E-state index contributed by atoms with van der Waals surface area (Å²) in [4.78, 5) is 14.5. The number of piperidine rings is 1. The van der Waals surface area contributed by atoms with Crippen LogP contribution in [0.15, 0.2) is 0 Å². The third-order valence-corrected chi connectivity index (χ3v) is 3.91. The molecule has 1 N–H and O–H groups in total. The molecule has 4 nitrogen and oxygen atoms in total. The molecule has 3 rings (SSSR count). The molecule has 106 valence electrons. The number of rotatable bonds is 3. The van der Waals surface area contributed by atoms with E-state index < -0.39 is 5.41 Å². The number of methoxy groups -OCH3 is 1. The highest BCUT2D eigenvalue weighted by molar-refractivity contribution is 5.85. The van der Waals surface area contributed by atoms with Gasteiger partial charge in [0, 0.05) is 26.2 Å². The predicted octanol–water partition coefficient (Wildman–Crippen LogP) is 1.29. The fourth-order valence-corrected chi connectivity index (χ4v) is 2.95. The van der Waals surface area contributed by atoms with E-state index in [4.69, 9.17) is 4.74 Å². The second kappa shape index (κ2) is 6.22. The van der Waals surface area contributed by atoms with Gasteiger partial charge < -0.3 is 15.0 Å². The maximum atomic E-state index is 12.5. The standard InChI is InChI=1S/C13H24N2O2.ClH/c1-13(2,9-17-3)12(16)15-7-10-4-5-11(8-15)14-6-10;/h10-11,14H,4-9H2,1-3H3;1H/t10-,11-;/m0./s1.